The van der Waals surface area contributed by atoms with Crippen LogP contribution in [0.5, 0.6) is 0 Å². The minimum atomic E-state index is -1.54. The first kappa shape index (κ1) is 12.2. The van der Waals surface area contributed by atoms with Crippen molar-refractivity contribution in [3.63, 3.8) is 0 Å². The molecule has 0 unspecified atom stereocenters. The van der Waals surface area contributed by atoms with Crippen LogP contribution in [0.3, 0.4) is 0 Å². The summed E-state index contributed by atoms with van der Waals surface area (Å²) in [5, 5.41) is 8.82. The lowest BCUT2D eigenvalue weighted by Crippen LogP contribution is -2.00. The highest BCUT2D eigenvalue weighted by atomic mass is 19.1. The van der Waals surface area contributed by atoms with Gasteiger partial charge < -0.3 is 5.11 Å². The molecule has 0 aromatic heterocycles. The lowest BCUT2D eigenvalue weighted by Gasteiger charge is -2.09. The molecule has 0 aliphatic carbocycles. The lowest BCUT2D eigenvalue weighted by molar-refractivity contribution is 0.0696. The molecule has 0 saturated heterocycles. The van der Waals surface area contributed by atoms with Gasteiger partial charge in [-0.15, -0.1) is 0 Å². The average Bonchev–Trinajstić information content (AvgIpc) is 2.38. The third kappa shape index (κ3) is 2.53. The number of carboxylic acids is 1. The van der Waals surface area contributed by atoms with Crippen LogP contribution in [0.1, 0.15) is 27.7 Å². The SMILES string of the molecule is O=C(O)c1cccc([C@H](F)c2cccc(F)c2)c1. The molecule has 0 saturated carbocycles. The van der Waals surface area contributed by atoms with E-state index in [-0.39, 0.29) is 16.7 Å². The Morgan fingerprint density at radius 3 is 2.28 bits per heavy atom. The average molecular weight is 248 g/mol. The third-order valence-electron chi connectivity index (χ3n) is 2.57. The molecule has 0 amide bonds. The summed E-state index contributed by atoms with van der Waals surface area (Å²) >= 11 is 0. The van der Waals surface area contributed by atoms with Gasteiger partial charge in [-0.2, -0.15) is 0 Å². The first-order valence-corrected chi connectivity index (χ1v) is 5.31. The largest absolute Gasteiger partial charge is 0.478 e. The molecule has 2 aromatic rings. The van der Waals surface area contributed by atoms with E-state index in [0.717, 1.165) is 6.07 Å². The first-order chi connectivity index (χ1) is 8.58. The van der Waals surface area contributed by atoms with E-state index in [9.17, 15) is 13.6 Å². The van der Waals surface area contributed by atoms with Crippen LogP contribution >= 0.6 is 0 Å². The number of halogens is 2. The Hall–Kier alpha value is -2.23. The minimum absolute atomic E-state index is 0.00607. The van der Waals surface area contributed by atoms with Gasteiger partial charge in [0.2, 0.25) is 0 Å². The molecule has 92 valence electrons. The normalized spacial score (nSPS) is 12.1. The fourth-order valence-electron chi connectivity index (χ4n) is 1.69. The van der Waals surface area contributed by atoms with E-state index in [0.29, 0.717) is 0 Å². The zero-order valence-corrected chi connectivity index (χ0v) is 9.31. The van der Waals surface area contributed by atoms with Crippen molar-refractivity contribution >= 4 is 5.97 Å². The number of rotatable bonds is 3. The summed E-state index contributed by atoms with van der Waals surface area (Å²) in [4.78, 5) is 10.8. The Balaban J connectivity index is 2.36. The highest BCUT2D eigenvalue weighted by molar-refractivity contribution is 5.87. The number of carbonyl (C=O) groups is 1. The van der Waals surface area contributed by atoms with Crippen LogP contribution in [0.4, 0.5) is 8.78 Å². The van der Waals surface area contributed by atoms with Crippen molar-refractivity contribution in [2.45, 2.75) is 6.17 Å². The molecular formula is C14H10F2O2. The smallest absolute Gasteiger partial charge is 0.335 e. The molecule has 4 heteroatoms. The fraction of sp³-hybridized carbons (Fsp3) is 0.0714. The summed E-state index contributed by atoms with van der Waals surface area (Å²) in [5.74, 6) is -1.65. The molecule has 0 fully saturated rings. The van der Waals surface area contributed by atoms with Crippen LogP contribution < -0.4 is 0 Å². The molecular weight excluding hydrogens is 238 g/mol. The van der Waals surface area contributed by atoms with Gasteiger partial charge in [0.1, 0.15) is 5.82 Å². The monoisotopic (exact) mass is 248 g/mol. The molecule has 0 bridgehead atoms. The van der Waals surface area contributed by atoms with E-state index in [1.165, 1.54) is 42.5 Å². The van der Waals surface area contributed by atoms with Crippen LogP contribution in [-0.2, 0) is 0 Å². The van der Waals surface area contributed by atoms with Crippen molar-refractivity contribution in [2.75, 3.05) is 0 Å². The highest BCUT2D eigenvalue weighted by Gasteiger charge is 2.14. The van der Waals surface area contributed by atoms with Crippen molar-refractivity contribution in [2.24, 2.45) is 0 Å². The highest BCUT2D eigenvalue weighted by Crippen LogP contribution is 2.27. The molecule has 2 rings (SSSR count). The second-order valence-electron chi connectivity index (χ2n) is 3.85. The van der Waals surface area contributed by atoms with Crippen LogP contribution in [0.15, 0.2) is 48.5 Å². The van der Waals surface area contributed by atoms with Crippen molar-refractivity contribution in [3.05, 3.63) is 71.0 Å². The van der Waals surface area contributed by atoms with E-state index < -0.39 is 18.0 Å². The van der Waals surface area contributed by atoms with Gasteiger partial charge in [0.15, 0.2) is 6.17 Å². The number of hydrogen-bond acceptors (Lipinski definition) is 1. The third-order valence-corrected chi connectivity index (χ3v) is 2.57. The topological polar surface area (TPSA) is 37.3 Å². The Bertz CT molecular complexity index is 582. The van der Waals surface area contributed by atoms with Gasteiger partial charge >= 0.3 is 5.97 Å². The van der Waals surface area contributed by atoms with Crippen LogP contribution in [-0.4, -0.2) is 11.1 Å². The summed E-state index contributed by atoms with van der Waals surface area (Å²) in [5.41, 5.74) is 0.365. The van der Waals surface area contributed by atoms with Gasteiger partial charge in [-0.1, -0.05) is 24.3 Å². The van der Waals surface area contributed by atoms with Gasteiger partial charge in [0, 0.05) is 0 Å². The number of hydrogen-bond donors (Lipinski definition) is 1. The minimum Gasteiger partial charge on any atom is -0.478 e. The van der Waals surface area contributed by atoms with E-state index in [1.807, 2.05) is 0 Å². The van der Waals surface area contributed by atoms with Crippen LogP contribution in [0.25, 0.3) is 0 Å². The predicted molar refractivity (Wildman–Crippen MR) is 62.8 cm³/mol. The maximum Gasteiger partial charge on any atom is 0.335 e. The van der Waals surface area contributed by atoms with Crippen LogP contribution in [0, 0.1) is 5.82 Å². The summed E-state index contributed by atoms with van der Waals surface area (Å²) in [6, 6.07) is 10.8. The molecule has 18 heavy (non-hydrogen) atoms. The van der Waals surface area contributed by atoms with Crippen molar-refractivity contribution in [3.8, 4) is 0 Å². The number of benzene rings is 2. The zero-order chi connectivity index (χ0) is 13.1. The zero-order valence-electron chi connectivity index (χ0n) is 9.31. The number of aromatic carboxylic acids is 1. The molecule has 0 heterocycles. The quantitative estimate of drug-likeness (QED) is 0.901. The molecule has 0 aliphatic rings. The second kappa shape index (κ2) is 4.96. The summed E-state index contributed by atoms with van der Waals surface area (Å²) in [7, 11) is 0. The van der Waals surface area contributed by atoms with Crippen molar-refractivity contribution < 1.29 is 18.7 Å². The molecule has 1 atom stereocenters. The van der Waals surface area contributed by atoms with Crippen LogP contribution in [0.2, 0.25) is 0 Å². The first-order valence-electron chi connectivity index (χ1n) is 5.31. The molecule has 1 N–H and O–H groups in total. The number of carboxylic acid groups (broad SMARTS) is 1. The maximum atomic E-state index is 14.1. The Morgan fingerprint density at radius 1 is 1.06 bits per heavy atom. The van der Waals surface area contributed by atoms with Gasteiger partial charge in [-0.3, -0.25) is 0 Å². The van der Waals surface area contributed by atoms with E-state index in [2.05, 4.69) is 0 Å². The van der Waals surface area contributed by atoms with E-state index in [4.69, 9.17) is 5.11 Å². The molecule has 0 aliphatic heterocycles. The summed E-state index contributed by atoms with van der Waals surface area (Å²) in [6.07, 6.45) is -1.54. The van der Waals surface area contributed by atoms with Gasteiger partial charge in [-0.25, -0.2) is 13.6 Å². The summed E-state index contributed by atoms with van der Waals surface area (Å²) in [6.45, 7) is 0. The van der Waals surface area contributed by atoms with Gasteiger partial charge in [-0.05, 0) is 35.4 Å². The van der Waals surface area contributed by atoms with Gasteiger partial charge in [0.25, 0.3) is 0 Å². The molecule has 0 spiro atoms. The predicted octanol–water partition coefficient (Wildman–Crippen LogP) is 3.58. The second-order valence-corrected chi connectivity index (χ2v) is 3.85. The van der Waals surface area contributed by atoms with Crippen molar-refractivity contribution in [1.82, 2.24) is 0 Å². The Kier molecular flexibility index (Phi) is 3.37. The molecule has 2 nitrogen and oxygen atoms in total. The Labute approximate surface area is 103 Å². The van der Waals surface area contributed by atoms with Crippen molar-refractivity contribution in [1.29, 1.82) is 0 Å². The summed E-state index contributed by atoms with van der Waals surface area (Å²) < 4.78 is 27.1. The van der Waals surface area contributed by atoms with E-state index >= 15 is 0 Å². The standard InChI is InChI=1S/C14H10F2O2/c15-12-6-2-4-10(8-12)13(16)9-3-1-5-11(7-9)14(17)18/h1-8,13H,(H,17,18)/t13-/m0/s1. The maximum absolute atomic E-state index is 14.1. The lowest BCUT2D eigenvalue weighted by atomic mass is 10.0. The van der Waals surface area contributed by atoms with E-state index in [1.54, 1.807) is 0 Å². The van der Waals surface area contributed by atoms with Gasteiger partial charge in [0.05, 0.1) is 5.56 Å². The molecule has 2 aromatic carbocycles. The fourth-order valence-corrected chi connectivity index (χ4v) is 1.69. The molecule has 0 radical (unpaired) electrons. The Morgan fingerprint density at radius 2 is 1.67 bits per heavy atom. The number of alkyl halides is 1.